The molecule has 2 aliphatic rings. The van der Waals surface area contributed by atoms with E-state index in [4.69, 9.17) is 4.74 Å². The van der Waals surface area contributed by atoms with Gasteiger partial charge in [-0.15, -0.1) is 0 Å². The Balaban J connectivity index is 1.43. The lowest BCUT2D eigenvalue weighted by Gasteiger charge is -2.25. The molecule has 1 aliphatic heterocycles. The van der Waals surface area contributed by atoms with Crippen LogP contribution in [0, 0.1) is 11.8 Å². The molecule has 0 radical (unpaired) electrons. The minimum Gasteiger partial charge on any atom is -0.493 e. The van der Waals surface area contributed by atoms with Crippen molar-refractivity contribution >= 4 is 21.7 Å². The number of unbranched alkanes of at least 4 members (excludes halogenated alkanes) is 2. The molecule has 31 heavy (non-hydrogen) atoms. The summed E-state index contributed by atoms with van der Waals surface area (Å²) in [5, 5.41) is 2.37. The lowest BCUT2D eigenvalue weighted by Crippen LogP contribution is -2.40. The molecule has 1 atom stereocenters. The monoisotopic (exact) mass is 449 g/mol. The maximum atomic E-state index is 12.7. The average molecular weight is 450 g/mol. The van der Waals surface area contributed by atoms with E-state index in [0.717, 1.165) is 30.8 Å². The quantitative estimate of drug-likeness (QED) is 0.387. The van der Waals surface area contributed by atoms with E-state index >= 15 is 0 Å². The molecule has 3 rings (SSSR count). The van der Waals surface area contributed by atoms with E-state index in [9.17, 15) is 18.0 Å². The molecule has 1 aromatic rings. The van der Waals surface area contributed by atoms with Crippen LogP contribution in [-0.2, 0) is 24.8 Å². The van der Waals surface area contributed by atoms with Crippen molar-refractivity contribution in [2.24, 2.45) is 11.8 Å². The van der Waals surface area contributed by atoms with E-state index in [1.165, 1.54) is 12.8 Å². The largest absolute Gasteiger partial charge is 0.493 e. The molecule has 1 N–H and O–H groups in total. The maximum Gasteiger partial charge on any atom is 0.229 e. The first-order valence-corrected chi connectivity index (χ1v) is 13.2. The van der Waals surface area contributed by atoms with Gasteiger partial charge >= 0.3 is 0 Å². The highest BCUT2D eigenvalue weighted by atomic mass is 32.2. The number of rotatable bonds is 12. The zero-order valence-corrected chi connectivity index (χ0v) is 19.5. The third kappa shape index (κ3) is 7.63. The summed E-state index contributed by atoms with van der Waals surface area (Å²) in [6, 6.07) is 7.80. The summed E-state index contributed by atoms with van der Waals surface area (Å²) in [5.41, 5.74) is 0.479. The molecule has 0 bridgehead atoms. The lowest BCUT2D eigenvalue weighted by molar-refractivity contribution is -0.136. The van der Waals surface area contributed by atoms with Crippen LogP contribution in [0.5, 0.6) is 5.75 Å². The number of hydrogen-bond donors (Lipinski definition) is 1. The van der Waals surface area contributed by atoms with Crippen LogP contribution in [0.4, 0.5) is 0 Å². The third-order valence-electron chi connectivity index (χ3n) is 6.24. The van der Waals surface area contributed by atoms with Gasteiger partial charge in [-0.1, -0.05) is 38.8 Å². The maximum absolute atomic E-state index is 12.7. The van der Waals surface area contributed by atoms with Gasteiger partial charge in [0.05, 0.1) is 18.1 Å². The summed E-state index contributed by atoms with van der Waals surface area (Å²) in [6.07, 6.45) is 6.32. The van der Waals surface area contributed by atoms with Gasteiger partial charge in [-0.2, -0.15) is 0 Å². The SMILES string of the molecule is CC(C)(CS(=O)(=O)CCCCCC1CCC(=O)NC1=O)c1cccc(OCC2CC2)c1. The first kappa shape index (κ1) is 23.8. The van der Waals surface area contributed by atoms with Gasteiger partial charge in [-0.25, -0.2) is 8.42 Å². The smallest absolute Gasteiger partial charge is 0.229 e. The summed E-state index contributed by atoms with van der Waals surface area (Å²) in [5.74, 6) is 1.23. The zero-order valence-electron chi connectivity index (χ0n) is 18.7. The Morgan fingerprint density at radius 1 is 1.10 bits per heavy atom. The summed E-state index contributed by atoms with van der Waals surface area (Å²) >= 11 is 0. The second-order valence-corrected chi connectivity index (χ2v) is 11.9. The van der Waals surface area contributed by atoms with E-state index in [1.807, 2.05) is 38.1 Å². The van der Waals surface area contributed by atoms with Gasteiger partial charge in [0.25, 0.3) is 0 Å². The van der Waals surface area contributed by atoms with Gasteiger partial charge in [0.1, 0.15) is 5.75 Å². The molecule has 1 saturated heterocycles. The number of sulfone groups is 1. The molecule has 0 aromatic heterocycles. The van der Waals surface area contributed by atoms with Gasteiger partial charge < -0.3 is 4.74 Å². The summed E-state index contributed by atoms with van der Waals surface area (Å²) in [7, 11) is -3.20. The summed E-state index contributed by atoms with van der Waals surface area (Å²) in [6.45, 7) is 4.67. The van der Waals surface area contributed by atoms with Crippen molar-refractivity contribution in [3.63, 3.8) is 0 Å². The van der Waals surface area contributed by atoms with E-state index in [0.29, 0.717) is 31.6 Å². The number of amides is 2. The number of carbonyl (C=O) groups excluding carboxylic acids is 2. The molecule has 7 heteroatoms. The molecule has 1 unspecified atom stereocenters. The molecule has 1 saturated carbocycles. The number of ether oxygens (including phenoxy) is 1. The van der Waals surface area contributed by atoms with Gasteiger partial charge in [0, 0.05) is 17.8 Å². The average Bonchev–Trinajstić information content (AvgIpc) is 3.51. The van der Waals surface area contributed by atoms with Crippen LogP contribution in [-0.4, -0.2) is 38.3 Å². The normalized spacial score (nSPS) is 19.9. The molecule has 1 aliphatic carbocycles. The van der Waals surface area contributed by atoms with Gasteiger partial charge in [0.15, 0.2) is 9.84 Å². The molecule has 6 nitrogen and oxygen atoms in total. The van der Waals surface area contributed by atoms with Crippen LogP contribution in [0.25, 0.3) is 0 Å². The van der Waals surface area contributed by atoms with Crippen molar-refractivity contribution in [2.75, 3.05) is 18.1 Å². The fourth-order valence-corrected chi connectivity index (χ4v) is 6.17. The van der Waals surface area contributed by atoms with Crippen molar-refractivity contribution in [1.29, 1.82) is 0 Å². The minimum absolute atomic E-state index is 0.0964. The fraction of sp³-hybridized carbons (Fsp3) is 0.667. The molecular weight excluding hydrogens is 414 g/mol. The Morgan fingerprint density at radius 2 is 1.87 bits per heavy atom. The number of benzene rings is 1. The van der Waals surface area contributed by atoms with Crippen LogP contribution >= 0.6 is 0 Å². The van der Waals surface area contributed by atoms with Crippen LogP contribution in [0.15, 0.2) is 24.3 Å². The number of hydrogen-bond acceptors (Lipinski definition) is 5. The second kappa shape index (κ2) is 10.2. The highest BCUT2D eigenvalue weighted by molar-refractivity contribution is 7.91. The number of piperidine rings is 1. The Bertz CT molecular complexity index is 889. The molecule has 1 heterocycles. The Kier molecular flexibility index (Phi) is 7.78. The van der Waals surface area contributed by atoms with E-state index in [2.05, 4.69) is 5.32 Å². The third-order valence-corrected chi connectivity index (χ3v) is 8.31. The Morgan fingerprint density at radius 3 is 2.58 bits per heavy atom. The summed E-state index contributed by atoms with van der Waals surface area (Å²) < 4.78 is 31.4. The number of carbonyl (C=O) groups is 2. The van der Waals surface area contributed by atoms with Crippen molar-refractivity contribution in [1.82, 2.24) is 5.32 Å². The van der Waals surface area contributed by atoms with Crippen molar-refractivity contribution < 1.29 is 22.7 Å². The van der Waals surface area contributed by atoms with E-state index < -0.39 is 15.3 Å². The van der Waals surface area contributed by atoms with Crippen molar-refractivity contribution in [2.45, 2.75) is 70.6 Å². The Hall–Kier alpha value is -1.89. The molecular formula is C24H35NO5S. The predicted molar refractivity (Wildman–Crippen MR) is 121 cm³/mol. The van der Waals surface area contributed by atoms with Crippen LogP contribution in [0.3, 0.4) is 0 Å². The highest BCUT2D eigenvalue weighted by Gasteiger charge is 2.29. The van der Waals surface area contributed by atoms with Crippen molar-refractivity contribution in [3.05, 3.63) is 29.8 Å². The van der Waals surface area contributed by atoms with Gasteiger partial charge in [-0.3, -0.25) is 14.9 Å². The first-order valence-electron chi connectivity index (χ1n) is 11.4. The molecule has 2 amide bonds. The molecule has 1 aromatic carbocycles. The minimum atomic E-state index is -3.20. The van der Waals surface area contributed by atoms with Crippen LogP contribution < -0.4 is 10.1 Å². The highest BCUT2D eigenvalue weighted by Crippen LogP contribution is 2.32. The van der Waals surface area contributed by atoms with E-state index in [1.54, 1.807) is 0 Å². The van der Waals surface area contributed by atoms with E-state index in [-0.39, 0.29) is 29.2 Å². The lowest BCUT2D eigenvalue weighted by atomic mass is 9.87. The molecule has 172 valence electrons. The summed E-state index contributed by atoms with van der Waals surface area (Å²) in [4.78, 5) is 23.0. The van der Waals surface area contributed by atoms with Gasteiger partial charge in [-0.05, 0) is 55.7 Å². The topological polar surface area (TPSA) is 89.5 Å². The molecule has 0 spiro atoms. The Labute approximate surface area is 186 Å². The van der Waals surface area contributed by atoms with Crippen LogP contribution in [0.2, 0.25) is 0 Å². The molecule has 2 fully saturated rings. The standard InChI is InChI=1S/C24H35NO5S/c1-24(2,20-8-6-9-21(15-20)30-16-18-10-11-18)17-31(28,29)14-5-3-4-7-19-12-13-22(26)25-23(19)27/h6,8-9,15,18-19H,3-5,7,10-14,16-17H2,1-2H3,(H,25,26,27). The van der Waals surface area contributed by atoms with Crippen molar-refractivity contribution in [3.8, 4) is 5.75 Å². The zero-order chi connectivity index (χ0) is 22.5. The second-order valence-electron chi connectivity index (χ2n) is 9.76. The first-order chi connectivity index (χ1) is 14.6. The number of nitrogens with one attached hydrogen (secondary N) is 1. The predicted octanol–water partition coefficient (Wildman–Crippen LogP) is 3.78. The van der Waals surface area contributed by atoms with Crippen LogP contribution in [0.1, 0.15) is 70.8 Å². The van der Waals surface area contributed by atoms with Gasteiger partial charge in [0.2, 0.25) is 11.8 Å². The fourth-order valence-electron chi connectivity index (χ4n) is 4.11. The number of imide groups is 1.